The van der Waals surface area contributed by atoms with Gasteiger partial charge < -0.3 is 4.74 Å². The SMILES string of the molecule is Cc1cc(C(=O)OC(=O)c2cc(C)c3ccccc3n2)nc2ccccc12. The second-order valence-electron chi connectivity index (χ2n) is 6.36. The van der Waals surface area contributed by atoms with Gasteiger partial charge in [-0.3, -0.25) is 0 Å². The quantitative estimate of drug-likeness (QED) is 0.393. The van der Waals surface area contributed by atoms with Gasteiger partial charge in [0.2, 0.25) is 0 Å². The molecule has 0 radical (unpaired) electrons. The molecule has 0 aliphatic carbocycles. The summed E-state index contributed by atoms with van der Waals surface area (Å²) >= 11 is 0. The molecule has 0 aliphatic heterocycles. The molecule has 0 amide bonds. The number of carbonyl (C=O) groups excluding carboxylic acids is 2. The summed E-state index contributed by atoms with van der Waals surface area (Å²) in [6.45, 7) is 3.77. The molecule has 2 heterocycles. The lowest BCUT2D eigenvalue weighted by Crippen LogP contribution is -2.15. The van der Waals surface area contributed by atoms with Gasteiger partial charge in [-0.1, -0.05) is 36.4 Å². The second-order valence-corrected chi connectivity index (χ2v) is 6.36. The third-order valence-electron chi connectivity index (χ3n) is 4.45. The maximum Gasteiger partial charge on any atom is 0.364 e. The Morgan fingerprint density at radius 2 is 1.11 bits per heavy atom. The standard InChI is InChI=1S/C22H16N2O3/c1-13-11-19(23-17-9-5-3-7-15(13)17)21(25)27-22(26)20-12-14(2)16-8-4-6-10-18(16)24-20/h3-12H,1-2H3. The highest BCUT2D eigenvalue weighted by atomic mass is 16.6. The molecule has 0 atom stereocenters. The highest BCUT2D eigenvalue weighted by Crippen LogP contribution is 2.20. The van der Waals surface area contributed by atoms with Crippen LogP contribution in [0.4, 0.5) is 0 Å². The van der Waals surface area contributed by atoms with E-state index in [0.717, 1.165) is 21.9 Å². The average molecular weight is 356 g/mol. The maximum absolute atomic E-state index is 12.4. The van der Waals surface area contributed by atoms with Crippen molar-refractivity contribution in [2.45, 2.75) is 13.8 Å². The monoisotopic (exact) mass is 356 g/mol. The lowest BCUT2D eigenvalue weighted by molar-refractivity contribution is 0.0389. The number of para-hydroxylation sites is 2. The van der Waals surface area contributed by atoms with E-state index in [1.807, 2.05) is 62.4 Å². The largest absolute Gasteiger partial charge is 0.383 e. The predicted molar refractivity (Wildman–Crippen MR) is 103 cm³/mol. The molecule has 2 aromatic carbocycles. The fraction of sp³-hybridized carbons (Fsp3) is 0.0909. The highest BCUT2D eigenvalue weighted by Gasteiger charge is 2.19. The van der Waals surface area contributed by atoms with E-state index in [9.17, 15) is 9.59 Å². The number of benzene rings is 2. The fourth-order valence-corrected chi connectivity index (χ4v) is 3.10. The predicted octanol–water partition coefficient (Wildman–Crippen LogP) is 4.40. The first kappa shape index (κ1) is 16.8. The van der Waals surface area contributed by atoms with Crippen LogP contribution in [0.25, 0.3) is 21.8 Å². The van der Waals surface area contributed by atoms with Crippen molar-refractivity contribution < 1.29 is 14.3 Å². The number of esters is 2. The molecule has 0 aliphatic rings. The van der Waals surface area contributed by atoms with E-state index in [1.54, 1.807) is 12.1 Å². The summed E-state index contributed by atoms with van der Waals surface area (Å²) in [4.78, 5) is 33.5. The number of ether oxygens (including phenoxy) is 1. The molecular weight excluding hydrogens is 340 g/mol. The molecule has 132 valence electrons. The van der Waals surface area contributed by atoms with E-state index < -0.39 is 11.9 Å². The van der Waals surface area contributed by atoms with Crippen molar-refractivity contribution in [3.8, 4) is 0 Å². The zero-order chi connectivity index (χ0) is 19.0. The van der Waals surface area contributed by atoms with Crippen LogP contribution < -0.4 is 0 Å². The van der Waals surface area contributed by atoms with Gasteiger partial charge in [0.15, 0.2) is 0 Å². The number of fused-ring (bicyclic) bond motifs is 2. The molecule has 0 unspecified atom stereocenters. The van der Waals surface area contributed by atoms with Crippen LogP contribution in [0.2, 0.25) is 0 Å². The molecule has 5 heteroatoms. The molecule has 0 spiro atoms. The van der Waals surface area contributed by atoms with Gasteiger partial charge >= 0.3 is 11.9 Å². The lowest BCUT2D eigenvalue weighted by atomic mass is 10.1. The van der Waals surface area contributed by atoms with E-state index in [0.29, 0.717) is 11.0 Å². The fourth-order valence-electron chi connectivity index (χ4n) is 3.10. The molecule has 0 saturated carbocycles. The number of hydrogen-bond acceptors (Lipinski definition) is 5. The Bertz CT molecular complexity index is 1120. The Kier molecular flexibility index (Phi) is 4.12. The van der Waals surface area contributed by atoms with Crippen LogP contribution in [0.5, 0.6) is 0 Å². The van der Waals surface area contributed by atoms with Crippen LogP contribution >= 0.6 is 0 Å². The van der Waals surface area contributed by atoms with Crippen molar-refractivity contribution >= 4 is 33.7 Å². The summed E-state index contributed by atoms with van der Waals surface area (Å²) < 4.78 is 5.03. The summed E-state index contributed by atoms with van der Waals surface area (Å²) in [7, 11) is 0. The summed E-state index contributed by atoms with van der Waals surface area (Å²) in [6, 6.07) is 18.2. The van der Waals surface area contributed by atoms with E-state index in [4.69, 9.17) is 4.74 Å². The van der Waals surface area contributed by atoms with E-state index >= 15 is 0 Å². The smallest absolute Gasteiger partial charge is 0.364 e. The van der Waals surface area contributed by atoms with Gasteiger partial charge in [0.25, 0.3) is 0 Å². The van der Waals surface area contributed by atoms with Crippen molar-refractivity contribution in [3.63, 3.8) is 0 Å². The van der Waals surface area contributed by atoms with E-state index in [2.05, 4.69) is 9.97 Å². The molecule has 4 rings (SSSR count). The van der Waals surface area contributed by atoms with Crippen molar-refractivity contribution in [1.29, 1.82) is 0 Å². The normalized spacial score (nSPS) is 10.9. The summed E-state index contributed by atoms with van der Waals surface area (Å²) in [5.41, 5.74) is 3.32. The van der Waals surface area contributed by atoms with Crippen LogP contribution in [0.15, 0.2) is 60.7 Å². The molecule has 4 aromatic rings. The van der Waals surface area contributed by atoms with Crippen molar-refractivity contribution in [3.05, 3.63) is 83.2 Å². The first-order valence-electron chi connectivity index (χ1n) is 8.52. The Balaban J connectivity index is 1.64. The molecule has 5 nitrogen and oxygen atoms in total. The van der Waals surface area contributed by atoms with E-state index in [-0.39, 0.29) is 11.4 Å². The number of rotatable bonds is 2. The van der Waals surface area contributed by atoms with E-state index in [1.165, 1.54) is 0 Å². The topological polar surface area (TPSA) is 69.2 Å². The van der Waals surface area contributed by atoms with Crippen LogP contribution in [0, 0.1) is 13.8 Å². The number of aryl methyl sites for hydroxylation is 2. The summed E-state index contributed by atoms with van der Waals surface area (Å²) in [5.74, 6) is -1.58. The minimum Gasteiger partial charge on any atom is -0.383 e. The van der Waals surface area contributed by atoms with Crippen LogP contribution in [0.3, 0.4) is 0 Å². The van der Waals surface area contributed by atoms with Gasteiger partial charge in [-0.25, -0.2) is 19.6 Å². The number of carbonyl (C=O) groups is 2. The Hall–Kier alpha value is -3.60. The zero-order valence-electron chi connectivity index (χ0n) is 14.9. The van der Waals surface area contributed by atoms with Crippen LogP contribution in [0.1, 0.15) is 32.1 Å². The first-order chi connectivity index (χ1) is 13.0. The minimum atomic E-state index is -0.790. The number of pyridine rings is 2. The molecular formula is C22H16N2O3. The summed E-state index contributed by atoms with van der Waals surface area (Å²) in [6.07, 6.45) is 0. The summed E-state index contributed by atoms with van der Waals surface area (Å²) in [5, 5.41) is 1.90. The number of hydrogen-bond donors (Lipinski definition) is 0. The van der Waals surface area contributed by atoms with Crippen molar-refractivity contribution in [2.24, 2.45) is 0 Å². The highest BCUT2D eigenvalue weighted by molar-refractivity contribution is 6.03. The Morgan fingerprint density at radius 1 is 0.704 bits per heavy atom. The Labute approximate surface area is 155 Å². The zero-order valence-corrected chi connectivity index (χ0v) is 14.9. The third kappa shape index (κ3) is 3.15. The van der Waals surface area contributed by atoms with Gasteiger partial charge in [-0.2, -0.15) is 0 Å². The minimum absolute atomic E-state index is 0.0945. The van der Waals surface area contributed by atoms with Gasteiger partial charge in [0.05, 0.1) is 11.0 Å². The van der Waals surface area contributed by atoms with Gasteiger partial charge in [-0.05, 0) is 49.2 Å². The van der Waals surface area contributed by atoms with Gasteiger partial charge in [0, 0.05) is 10.8 Å². The first-order valence-corrected chi connectivity index (χ1v) is 8.52. The van der Waals surface area contributed by atoms with Gasteiger partial charge in [-0.15, -0.1) is 0 Å². The lowest BCUT2D eigenvalue weighted by Gasteiger charge is -2.07. The number of aromatic nitrogens is 2. The third-order valence-corrected chi connectivity index (χ3v) is 4.45. The molecule has 0 bridgehead atoms. The maximum atomic E-state index is 12.4. The number of nitrogens with zero attached hydrogens (tertiary/aromatic N) is 2. The second kappa shape index (κ2) is 6.61. The molecule has 0 N–H and O–H groups in total. The van der Waals surface area contributed by atoms with Crippen molar-refractivity contribution in [2.75, 3.05) is 0 Å². The van der Waals surface area contributed by atoms with Crippen molar-refractivity contribution in [1.82, 2.24) is 9.97 Å². The Morgan fingerprint density at radius 3 is 1.56 bits per heavy atom. The molecule has 0 fully saturated rings. The molecule has 0 saturated heterocycles. The molecule has 2 aromatic heterocycles. The molecule has 27 heavy (non-hydrogen) atoms. The van der Waals surface area contributed by atoms with Gasteiger partial charge in [0.1, 0.15) is 11.4 Å². The van der Waals surface area contributed by atoms with Crippen LogP contribution in [-0.2, 0) is 4.74 Å². The average Bonchev–Trinajstić information content (AvgIpc) is 2.68. The van der Waals surface area contributed by atoms with Crippen LogP contribution in [-0.4, -0.2) is 21.9 Å².